The van der Waals surface area contributed by atoms with E-state index < -0.39 is 10.0 Å². The number of hydrogen-bond acceptors (Lipinski definition) is 3. The van der Waals surface area contributed by atoms with Crippen LogP contribution in [-0.4, -0.2) is 14.8 Å². The minimum Gasteiger partial charge on any atom is -0.344 e. The van der Waals surface area contributed by atoms with Crippen LogP contribution in [0.1, 0.15) is 0 Å². The molecule has 1 aromatic rings. The second-order valence-electron chi connectivity index (χ2n) is 2.62. The highest BCUT2D eigenvalue weighted by molar-refractivity contribution is 7.90. The van der Waals surface area contributed by atoms with Crippen molar-refractivity contribution in [3.8, 4) is 0 Å². The van der Waals surface area contributed by atoms with Crippen LogP contribution in [0.3, 0.4) is 0 Å². The summed E-state index contributed by atoms with van der Waals surface area (Å²) >= 11 is 11.4. The van der Waals surface area contributed by atoms with Gasteiger partial charge >= 0.3 is 0 Å². The van der Waals surface area contributed by atoms with E-state index in [0.29, 0.717) is 10.7 Å². The van der Waals surface area contributed by atoms with Gasteiger partial charge in [-0.25, -0.2) is 0 Å². The van der Waals surface area contributed by atoms with Crippen molar-refractivity contribution in [3.05, 3.63) is 22.2 Å². The lowest BCUT2D eigenvalue weighted by Crippen LogP contribution is -2.11. The van der Waals surface area contributed by atoms with E-state index in [9.17, 15) is 8.42 Å². The van der Waals surface area contributed by atoms with Gasteiger partial charge in [0.1, 0.15) is 11.2 Å². The Morgan fingerprint density at radius 2 is 1.86 bits per heavy atom. The van der Waals surface area contributed by atoms with Gasteiger partial charge in [0.25, 0.3) is 10.0 Å². The van der Waals surface area contributed by atoms with Gasteiger partial charge in [-0.1, -0.05) is 23.2 Å². The van der Waals surface area contributed by atoms with Gasteiger partial charge in [-0.05, 0) is 12.1 Å². The first kappa shape index (κ1) is 9.76. The topological polar surface area (TPSA) is 58.5 Å². The molecule has 1 aliphatic rings. The summed E-state index contributed by atoms with van der Waals surface area (Å²) in [4.78, 5) is 0.0365. The number of fused-ring (bicyclic) bond motifs is 1. The molecule has 0 saturated heterocycles. The fraction of sp³-hybridized carbons (Fsp3) is 0. The molecule has 0 aliphatic carbocycles. The standard InChI is InChI=1S/C7H4Cl2N2O2S/c8-4-1-6-7(2-5(4)9)14(12,13)11-3-10-6/h1-3H,(H,10,11). The Balaban J connectivity index is 2.76. The minimum atomic E-state index is -3.62. The Kier molecular flexibility index (Phi) is 2.17. The molecule has 0 fully saturated rings. The molecule has 0 radical (unpaired) electrons. The summed E-state index contributed by atoms with van der Waals surface area (Å²) in [6.07, 6.45) is 1.10. The third-order valence-electron chi connectivity index (χ3n) is 1.71. The predicted molar refractivity (Wildman–Crippen MR) is 55.8 cm³/mol. The average molecular weight is 251 g/mol. The molecular formula is C7H4Cl2N2O2S. The number of benzene rings is 1. The molecule has 2 rings (SSSR count). The molecule has 0 unspecified atom stereocenters. The summed E-state index contributed by atoms with van der Waals surface area (Å²) in [6, 6.07) is 2.72. The first-order chi connectivity index (χ1) is 6.50. The Morgan fingerprint density at radius 1 is 1.21 bits per heavy atom. The van der Waals surface area contributed by atoms with Crippen molar-refractivity contribution in [2.45, 2.75) is 4.90 Å². The fourth-order valence-corrected chi connectivity index (χ4v) is 2.44. The van der Waals surface area contributed by atoms with Gasteiger partial charge in [0, 0.05) is 0 Å². The monoisotopic (exact) mass is 250 g/mol. The molecule has 7 heteroatoms. The van der Waals surface area contributed by atoms with Crippen molar-refractivity contribution in [1.82, 2.24) is 0 Å². The van der Waals surface area contributed by atoms with Crippen molar-refractivity contribution < 1.29 is 8.42 Å². The van der Waals surface area contributed by atoms with Crippen LogP contribution in [-0.2, 0) is 10.0 Å². The Labute approximate surface area is 90.6 Å². The average Bonchev–Trinajstić information content (AvgIpc) is 2.08. The van der Waals surface area contributed by atoms with Gasteiger partial charge in [0.2, 0.25) is 0 Å². The molecule has 0 atom stereocenters. The minimum absolute atomic E-state index is 0.0365. The molecule has 0 bridgehead atoms. The van der Waals surface area contributed by atoms with E-state index in [-0.39, 0.29) is 9.92 Å². The van der Waals surface area contributed by atoms with Crippen molar-refractivity contribution in [2.75, 3.05) is 5.32 Å². The van der Waals surface area contributed by atoms with Crippen LogP contribution in [0, 0.1) is 0 Å². The summed E-state index contributed by atoms with van der Waals surface area (Å²) in [6.45, 7) is 0. The van der Waals surface area contributed by atoms with Crippen molar-refractivity contribution in [3.63, 3.8) is 0 Å². The lowest BCUT2D eigenvalue weighted by atomic mass is 10.3. The van der Waals surface area contributed by atoms with Crippen molar-refractivity contribution in [1.29, 1.82) is 0 Å². The maximum atomic E-state index is 11.4. The lowest BCUT2D eigenvalue weighted by Gasteiger charge is -2.12. The Hall–Kier alpha value is -0.780. The second-order valence-corrected chi connectivity index (χ2v) is 5.03. The number of nitrogens with zero attached hydrogens (tertiary/aromatic N) is 1. The van der Waals surface area contributed by atoms with Gasteiger partial charge in [-0.15, -0.1) is 4.40 Å². The van der Waals surface area contributed by atoms with Gasteiger partial charge < -0.3 is 5.32 Å². The van der Waals surface area contributed by atoms with E-state index in [1.165, 1.54) is 12.1 Å². The summed E-state index contributed by atoms with van der Waals surface area (Å²) < 4.78 is 26.1. The number of halogens is 2. The summed E-state index contributed by atoms with van der Waals surface area (Å²) in [7, 11) is -3.62. The Morgan fingerprint density at radius 3 is 2.57 bits per heavy atom. The smallest absolute Gasteiger partial charge is 0.285 e. The number of anilines is 1. The molecule has 74 valence electrons. The first-order valence-electron chi connectivity index (χ1n) is 3.55. The highest BCUT2D eigenvalue weighted by Crippen LogP contribution is 2.33. The SMILES string of the molecule is O=S1(=O)N=CNc2cc(Cl)c(Cl)cc21. The third kappa shape index (κ3) is 1.47. The van der Waals surface area contributed by atoms with Crippen LogP contribution in [0.2, 0.25) is 10.0 Å². The zero-order valence-electron chi connectivity index (χ0n) is 6.66. The molecule has 0 saturated carbocycles. The van der Waals surface area contributed by atoms with Crippen molar-refractivity contribution >= 4 is 45.3 Å². The number of nitrogens with one attached hydrogen (secondary N) is 1. The van der Waals surface area contributed by atoms with Crippen LogP contribution in [0.4, 0.5) is 5.69 Å². The molecule has 1 aromatic carbocycles. The molecule has 4 nitrogen and oxygen atoms in total. The normalized spacial score (nSPS) is 17.3. The molecule has 1 aliphatic heterocycles. The van der Waals surface area contributed by atoms with Crippen molar-refractivity contribution in [2.24, 2.45) is 4.40 Å². The largest absolute Gasteiger partial charge is 0.344 e. The number of sulfonamides is 1. The highest BCUT2D eigenvalue weighted by atomic mass is 35.5. The molecule has 0 spiro atoms. The van der Waals surface area contributed by atoms with Gasteiger partial charge in [-0.2, -0.15) is 8.42 Å². The molecule has 14 heavy (non-hydrogen) atoms. The zero-order chi connectivity index (χ0) is 10.3. The zero-order valence-corrected chi connectivity index (χ0v) is 8.99. The first-order valence-corrected chi connectivity index (χ1v) is 5.75. The summed E-state index contributed by atoms with van der Waals surface area (Å²) in [5, 5.41) is 3.16. The molecule has 1 N–H and O–H groups in total. The van der Waals surface area contributed by atoms with Gasteiger partial charge in [-0.3, -0.25) is 0 Å². The lowest BCUT2D eigenvalue weighted by molar-refractivity contribution is 0.598. The molecule has 0 amide bonds. The van der Waals surface area contributed by atoms with Gasteiger partial charge in [0.15, 0.2) is 0 Å². The van der Waals surface area contributed by atoms with Crippen LogP contribution in [0.15, 0.2) is 21.4 Å². The predicted octanol–water partition coefficient (Wildman–Crippen LogP) is 2.14. The molecule has 0 aromatic heterocycles. The fourth-order valence-electron chi connectivity index (χ4n) is 1.08. The van der Waals surface area contributed by atoms with E-state index in [4.69, 9.17) is 23.2 Å². The quantitative estimate of drug-likeness (QED) is 0.768. The molecule has 1 heterocycles. The summed E-state index contributed by atoms with van der Waals surface area (Å²) in [5.74, 6) is 0. The van der Waals surface area contributed by atoms with E-state index in [1.54, 1.807) is 0 Å². The van der Waals surface area contributed by atoms with E-state index in [0.717, 1.165) is 6.34 Å². The maximum absolute atomic E-state index is 11.4. The van der Waals surface area contributed by atoms with Crippen LogP contribution in [0.5, 0.6) is 0 Å². The van der Waals surface area contributed by atoms with Gasteiger partial charge in [0.05, 0.1) is 15.7 Å². The van der Waals surface area contributed by atoms with E-state index in [2.05, 4.69) is 9.71 Å². The van der Waals surface area contributed by atoms with E-state index >= 15 is 0 Å². The van der Waals surface area contributed by atoms with Crippen LogP contribution >= 0.6 is 23.2 Å². The van der Waals surface area contributed by atoms with E-state index in [1.807, 2.05) is 0 Å². The van der Waals surface area contributed by atoms with Crippen LogP contribution in [0.25, 0.3) is 0 Å². The summed E-state index contributed by atoms with van der Waals surface area (Å²) in [5.41, 5.74) is 0.384. The number of rotatable bonds is 0. The highest BCUT2D eigenvalue weighted by Gasteiger charge is 2.22. The third-order valence-corrected chi connectivity index (χ3v) is 3.71. The van der Waals surface area contributed by atoms with Crippen LogP contribution < -0.4 is 5.32 Å². The maximum Gasteiger partial charge on any atom is 0.285 e. The number of hydrogen-bond donors (Lipinski definition) is 1. The molecular weight excluding hydrogens is 247 g/mol. The Bertz CT molecular complexity index is 525. The second kappa shape index (κ2) is 3.12.